The number of hydrogen-bond acceptors (Lipinski definition) is 7. The Balaban J connectivity index is 1.61. The van der Waals surface area contributed by atoms with Crippen LogP contribution < -0.4 is 0 Å². The summed E-state index contributed by atoms with van der Waals surface area (Å²) in [6.07, 6.45) is 6.79. The molecule has 0 bridgehead atoms. The maximum absolute atomic E-state index is 13.5. The van der Waals surface area contributed by atoms with Gasteiger partial charge in [-0.05, 0) is 55.4 Å². The number of fused-ring (bicyclic) bond motifs is 5. The largest absolute Gasteiger partial charge is 0.457 e. The molecule has 5 rings (SSSR count). The molecule has 3 fully saturated rings. The molecule has 1 aromatic heterocycles. The molecule has 3 saturated carbocycles. The predicted octanol–water partition coefficient (Wildman–Crippen LogP) is 3.48. The van der Waals surface area contributed by atoms with Gasteiger partial charge in [0.2, 0.25) is 11.5 Å². The molecule has 0 radical (unpaired) electrons. The summed E-state index contributed by atoms with van der Waals surface area (Å²) in [4.78, 5) is 38.6. The van der Waals surface area contributed by atoms with E-state index in [1.165, 1.54) is 12.3 Å². The Hall–Kier alpha value is -2.22. The summed E-state index contributed by atoms with van der Waals surface area (Å²) in [5.74, 6) is -2.50. The summed E-state index contributed by atoms with van der Waals surface area (Å²) in [6, 6.07) is 3.02. The number of ketones is 2. The van der Waals surface area contributed by atoms with Gasteiger partial charge in [0.05, 0.1) is 12.4 Å². The van der Waals surface area contributed by atoms with Crippen LogP contribution in [0.2, 0.25) is 0 Å². The summed E-state index contributed by atoms with van der Waals surface area (Å²) in [6.45, 7) is 4.98. The molecule has 9 atom stereocenters. The summed E-state index contributed by atoms with van der Waals surface area (Å²) < 4.78 is 11.2. The lowest BCUT2D eigenvalue weighted by molar-refractivity contribution is -0.184. The van der Waals surface area contributed by atoms with Crippen LogP contribution in [0.25, 0.3) is 0 Å². The molecule has 1 heterocycles. The van der Waals surface area contributed by atoms with E-state index in [2.05, 4.69) is 0 Å². The number of ether oxygens (including phenoxy) is 1. The Kier molecular flexibility index (Phi) is 5.70. The van der Waals surface area contributed by atoms with Crippen LogP contribution in [0.3, 0.4) is 0 Å². The first-order valence-corrected chi connectivity index (χ1v) is 12.6. The fourth-order valence-electron chi connectivity index (χ4n) is 8.14. The van der Waals surface area contributed by atoms with E-state index in [9.17, 15) is 24.6 Å². The van der Waals surface area contributed by atoms with Crippen molar-refractivity contribution in [2.24, 2.45) is 34.5 Å². The normalized spacial score (nSPS) is 44.2. The van der Waals surface area contributed by atoms with E-state index in [-0.39, 0.29) is 41.1 Å². The second kappa shape index (κ2) is 8.15. The molecule has 1 aromatic rings. The van der Waals surface area contributed by atoms with Gasteiger partial charge in [0.1, 0.15) is 6.61 Å². The summed E-state index contributed by atoms with van der Waals surface area (Å²) in [7, 11) is 0. The number of aliphatic hydroxyl groups is 2. The Morgan fingerprint density at radius 2 is 2.06 bits per heavy atom. The molecule has 188 valence electrons. The summed E-state index contributed by atoms with van der Waals surface area (Å²) >= 11 is 7.01. The number of allylic oxidation sites excluding steroid dienone is 4. The van der Waals surface area contributed by atoms with Crippen molar-refractivity contribution in [2.45, 2.75) is 57.1 Å². The molecule has 0 saturated heterocycles. The van der Waals surface area contributed by atoms with Crippen LogP contribution in [-0.2, 0) is 14.3 Å². The smallest absolute Gasteiger partial charge is 0.375 e. The van der Waals surface area contributed by atoms with Crippen LogP contribution in [-0.4, -0.2) is 51.4 Å². The first-order valence-electron chi connectivity index (χ1n) is 12.2. The molecule has 0 spiro atoms. The number of carbonyl (C=O) groups is 3. The number of furan rings is 1. The lowest BCUT2D eigenvalue weighted by Crippen LogP contribution is -2.65. The summed E-state index contributed by atoms with van der Waals surface area (Å²) in [5, 5.41) is 21.3. The number of alkyl halides is 1. The second-order valence-corrected chi connectivity index (χ2v) is 11.7. The highest BCUT2D eigenvalue weighted by molar-refractivity contribution is 6.21. The number of Topliss-reactive ketones (excluding diaryl/α,β-unsaturated/α-hetero) is 1. The second-order valence-electron chi connectivity index (χ2n) is 11.1. The van der Waals surface area contributed by atoms with Gasteiger partial charge in [0.15, 0.2) is 11.4 Å². The lowest BCUT2D eigenvalue weighted by Gasteiger charge is -2.61. The van der Waals surface area contributed by atoms with Crippen molar-refractivity contribution in [3.63, 3.8) is 0 Å². The molecule has 3 unspecified atom stereocenters. The van der Waals surface area contributed by atoms with E-state index in [1.54, 1.807) is 18.2 Å². The van der Waals surface area contributed by atoms with Crippen molar-refractivity contribution in [1.29, 1.82) is 0 Å². The van der Waals surface area contributed by atoms with Gasteiger partial charge in [-0.25, -0.2) is 4.79 Å². The van der Waals surface area contributed by atoms with Gasteiger partial charge in [0.25, 0.3) is 0 Å². The topological polar surface area (TPSA) is 114 Å². The number of esters is 1. The molecule has 8 heteroatoms. The third kappa shape index (κ3) is 3.20. The predicted molar refractivity (Wildman–Crippen MR) is 127 cm³/mol. The van der Waals surface area contributed by atoms with Crippen molar-refractivity contribution in [3.05, 3.63) is 48.0 Å². The molecular weight excluding hydrogens is 472 g/mol. The molecule has 4 aliphatic carbocycles. The number of halogens is 1. The van der Waals surface area contributed by atoms with Crippen molar-refractivity contribution in [3.8, 4) is 0 Å². The van der Waals surface area contributed by atoms with Crippen LogP contribution in [0.5, 0.6) is 0 Å². The van der Waals surface area contributed by atoms with Gasteiger partial charge in [-0.15, -0.1) is 11.6 Å². The van der Waals surface area contributed by atoms with E-state index >= 15 is 0 Å². The van der Waals surface area contributed by atoms with Gasteiger partial charge in [-0.3, -0.25) is 9.59 Å². The Morgan fingerprint density at radius 1 is 1.31 bits per heavy atom. The van der Waals surface area contributed by atoms with Crippen molar-refractivity contribution in [2.75, 3.05) is 6.61 Å². The molecule has 0 aliphatic heterocycles. The maximum Gasteiger partial charge on any atom is 0.375 e. The zero-order valence-corrected chi connectivity index (χ0v) is 20.8. The van der Waals surface area contributed by atoms with Gasteiger partial charge < -0.3 is 19.4 Å². The zero-order valence-electron chi connectivity index (χ0n) is 20.1. The van der Waals surface area contributed by atoms with E-state index in [1.807, 2.05) is 26.8 Å². The van der Waals surface area contributed by atoms with Crippen LogP contribution in [0.1, 0.15) is 50.6 Å². The van der Waals surface area contributed by atoms with Crippen LogP contribution in [0, 0.1) is 34.5 Å². The number of aliphatic hydroxyl groups excluding tert-OH is 2. The highest BCUT2D eigenvalue weighted by atomic mass is 35.5. The zero-order chi connectivity index (χ0) is 25.3. The first-order chi connectivity index (χ1) is 16.5. The molecule has 35 heavy (non-hydrogen) atoms. The van der Waals surface area contributed by atoms with Crippen molar-refractivity contribution in [1.82, 2.24) is 0 Å². The van der Waals surface area contributed by atoms with Crippen LogP contribution >= 0.6 is 11.6 Å². The maximum atomic E-state index is 13.5. The lowest BCUT2D eigenvalue weighted by atomic mass is 9.46. The number of hydrogen-bond donors (Lipinski definition) is 2. The fraction of sp³-hybridized carbons (Fsp3) is 0.593. The third-order valence-electron chi connectivity index (χ3n) is 9.56. The first kappa shape index (κ1) is 24.5. The van der Waals surface area contributed by atoms with Crippen molar-refractivity contribution >= 4 is 29.1 Å². The molecular formula is C27H31ClO7. The van der Waals surface area contributed by atoms with Gasteiger partial charge in [0, 0.05) is 28.0 Å². The molecule has 7 nitrogen and oxygen atoms in total. The molecule has 4 aliphatic rings. The van der Waals surface area contributed by atoms with Gasteiger partial charge >= 0.3 is 5.97 Å². The van der Waals surface area contributed by atoms with E-state index < -0.39 is 46.8 Å². The number of carbonyl (C=O) groups excluding carboxylic acids is 3. The highest BCUT2D eigenvalue weighted by Gasteiger charge is 2.73. The Labute approximate surface area is 209 Å². The van der Waals surface area contributed by atoms with Crippen LogP contribution in [0.15, 0.2) is 46.6 Å². The van der Waals surface area contributed by atoms with E-state index in [0.29, 0.717) is 12.8 Å². The third-order valence-corrected chi connectivity index (χ3v) is 10.0. The quantitative estimate of drug-likeness (QED) is 0.478. The SMILES string of the molecule is CC1C[C@H]2[C@@H]3C(Cl)CC4=CC(=O)C=C[C@]4(C)[C@H]3C(O)C[C@]2(C)[C@@]1(OC(=O)c1ccco1)C(=O)CO. The van der Waals surface area contributed by atoms with Crippen LogP contribution in [0.4, 0.5) is 0 Å². The van der Waals surface area contributed by atoms with Gasteiger partial charge in [-0.1, -0.05) is 32.4 Å². The highest BCUT2D eigenvalue weighted by Crippen LogP contribution is 2.69. The Morgan fingerprint density at radius 3 is 2.71 bits per heavy atom. The summed E-state index contributed by atoms with van der Waals surface area (Å²) in [5.41, 5.74) is -2.23. The minimum Gasteiger partial charge on any atom is -0.457 e. The van der Waals surface area contributed by atoms with Crippen molar-refractivity contribution < 1.29 is 33.8 Å². The number of rotatable bonds is 4. The Bertz CT molecular complexity index is 1120. The standard InChI is InChI=1S/C27H31ClO7/c1-14-9-17-22-18(28)11-15-10-16(30)6-7-25(15,2)23(22)19(31)12-26(17,3)27(14,21(32)13-29)35-24(33)20-5-4-8-34-20/h4-8,10,14,17-19,22-23,29,31H,9,11-13H2,1-3H3/t14?,17-,18?,19?,22+,23-,25-,26-,27-/m0/s1. The van der Waals surface area contributed by atoms with Gasteiger partial charge in [-0.2, -0.15) is 0 Å². The average Bonchev–Trinajstić information content (AvgIpc) is 3.41. The van der Waals surface area contributed by atoms with E-state index in [4.69, 9.17) is 20.8 Å². The monoisotopic (exact) mass is 502 g/mol. The minimum atomic E-state index is -1.64. The average molecular weight is 503 g/mol. The molecule has 2 N–H and O–H groups in total. The van der Waals surface area contributed by atoms with E-state index in [0.717, 1.165) is 5.57 Å². The minimum absolute atomic E-state index is 0.0317. The molecule has 0 amide bonds. The molecule has 0 aromatic carbocycles. The fourth-order valence-corrected chi connectivity index (χ4v) is 8.64.